The van der Waals surface area contributed by atoms with Crippen LogP contribution in [0, 0.1) is 11.6 Å². The molecule has 1 aromatic heterocycles. The van der Waals surface area contributed by atoms with E-state index in [9.17, 15) is 22.0 Å². The predicted molar refractivity (Wildman–Crippen MR) is 54.6 cm³/mol. The number of nitrogens with zero attached hydrogens (tertiary/aromatic N) is 1. The first-order valence-electron chi connectivity index (χ1n) is 4.86. The fourth-order valence-corrected chi connectivity index (χ4v) is 1.55. The van der Waals surface area contributed by atoms with Gasteiger partial charge in [-0.2, -0.15) is 13.2 Å². The van der Waals surface area contributed by atoms with Crippen molar-refractivity contribution in [3.63, 3.8) is 0 Å². The molecule has 0 aliphatic carbocycles. The van der Waals surface area contributed by atoms with Crippen molar-refractivity contribution >= 4 is 0 Å². The fraction of sp³-hybridized carbons (Fsp3) is 0.0833. The van der Waals surface area contributed by atoms with Crippen LogP contribution in [-0.4, -0.2) is 4.98 Å². The summed E-state index contributed by atoms with van der Waals surface area (Å²) in [6.07, 6.45) is -2.30. The summed E-state index contributed by atoms with van der Waals surface area (Å²) in [6.45, 7) is 0. The van der Waals surface area contributed by atoms with Crippen LogP contribution in [0.2, 0.25) is 0 Å². The molecule has 1 nitrogen and oxygen atoms in total. The Labute approximate surface area is 98.9 Å². The first-order valence-corrected chi connectivity index (χ1v) is 4.86. The summed E-state index contributed by atoms with van der Waals surface area (Å²) in [5, 5.41) is 0. The molecule has 0 saturated carbocycles. The van der Waals surface area contributed by atoms with E-state index in [1.54, 1.807) is 0 Å². The summed E-state index contributed by atoms with van der Waals surface area (Å²) in [4.78, 5) is 3.71. The summed E-state index contributed by atoms with van der Waals surface area (Å²) < 4.78 is 63.7. The molecule has 0 saturated heterocycles. The van der Waals surface area contributed by atoms with Crippen LogP contribution in [0.25, 0.3) is 11.1 Å². The van der Waals surface area contributed by atoms with Crippen molar-refractivity contribution < 1.29 is 22.0 Å². The lowest BCUT2D eigenvalue weighted by Gasteiger charge is -2.11. The largest absolute Gasteiger partial charge is 0.422 e. The van der Waals surface area contributed by atoms with Crippen LogP contribution < -0.4 is 0 Å². The third-order valence-electron chi connectivity index (χ3n) is 2.34. The van der Waals surface area contributed by atoms with E-state index < -0.39 is 23.4 Å². The second-order valence-corrected chi connectivity index (χ2v) is 3.55. The van der Waals surface area contributed by atoms with Gasteiger partial charge in [0.05, 0.1) is 0 Å². The van der Waals surface area contributed by atoms with E-state index in [1.807, 2.05) is 0 Å². The van der Waals surface area contributed by atoms with Gasteiger partial charge in [0.25, 0.3) is 0 Å². The smallest absolute Gasteiger partial charge is 0.265 e. The standard InChI is InChI=1S/C12H6F5N/c13-9-5-8(7-1-3-18-4-2-7)6-10(14)11(9)12(15,16)17/h1-6H. The van der Waals surface area contributed by atoms with E-state index >= 15 is 0 Å². The van der Waals surface area contributed by atoms with Gasteiger partial charge < -0.3 is 0 Å². The molecule has 0 fully saturated rings. The quantitative estimate of drug-likeness (QED) is 0.704. The lowest BCUT2D eigenvalue weighted by molar-refractivity contribution is -0.142. The maximum absolute atomic E-state index is 13.3. The van der Waals surface area contributed by atoms with Crippen molar-refractivity contribution in [1.29, 1.82) is 0 Å². The number of rotatable bonds is 1. The van der Waals surface area contributed by atoms with Crippen molar-refractivity contribution in [2.24, 2.45) is 0 Å². The molecule has 0 spiro atoms. The number of hydrogen-bond donors (Lipinski definition) is 0. The van der Waals surface area contributed by atoms with Crippen LogP contribution in [0.1, 0.15) is 5.56 Å². The number of halogens is 5. The van der Waals surface area contributed by atoms with Gasteiger partial charge in [-0.3, -0.25) is 4.98 Å². The highest BCUT2D eigenvalue weighted by atomic mass is 19.4. The zero-order chi connectivity index (χ0) is 13.3. The molecule has 0 atom stereocenters. The van der Waals surface area contributed by atoms with Crippen LogP contribution in [0.15, 0.2) is 36.7 Å². The number of aromatic nitrogens is 1. The molecule has 6 heteroatoms. The summed E-state index contributed by atoms with van der Waals surface area (Å²) in [5.41, 5.74) is -1.46. The predicted octanol–water partition coefficient (Wildman–Crippen LogP) is 4.05. The third kappa shape index (κ3) is 2.32. The Bertz CT molecular complexity index is 539. The number of pyridine rings is 1. The van der Waals surface area contributed by atoms with E-state index in [0.717, 1.165) is 0 Å². The number of hydrogen-bond acceptors (Lipinski definition) is 1. The molecule has 0 N–H and O–H groups in total. The molecule has 1 heterocycles. The Morgan fingerprint density at radius 2 is 1.33 bits per heavy atom. The SMILES string of the molecule is Fc1cc(-c2ccncc2)cc(F)c1C(F)(F)F. The van der Waals surface area contributed by atoms with Gasteiger partial charge in [-0.25, -0.2) is 8.78 Å². The Morgan fingerprint density at radius 3 is 1.78 bits per heavy atom. The van der Waals surface area contributed by atoms with Crippen LogP contribution >= 0.6 is 0 Å². The van der Waals surface area contributed by atoms with E-state index in [2.05, 4.69) is 4.98 Å². The van der Waals surface area contributed by atoms with E-state index in [-0.39, 0.29) is 5.56 Å². The van der Waals surface area contributed by atoms with Crippen molar-refractivity contribution in [2.45, 2.75) is 6.18 Å². The van der Waals surface area contributed by atoms with Gasteiger partial charge in [0.1, 0.15) is 17.2 Å². The van der Waals surface area contributed by atoms with Crippen molar-refractivity contribution in [3.8, 4) is 11.1 Å². The summed E-state index contributed by atoms with van der Waals surface area (Å²) >= 11 is 0. The lowest BCUT2D eigenvalue weighted by Crippen LogP contribution is -2.11. The third-order valence-corrected chi connectivity index (χ3v) is 2.34. The molecule has 0 radical (unpaired) electrons. The zero-order valence-corrected chi connectivity index (χ0v) is 8.80. The molecule has 94 valence electrons. The summed E-state index contributed by atoms with van der Waals surface area (Å²) in [5.74, 6) is -3.26. The average Bonchev–Trinajstić information content (AvgIpc) is 2.27. The lowest BCUT2D eigenvalue weighted by atomic mass is 10.0. The minimum absolute atomic E-state index is 0.0281. The number of benzene rings is 1. The van der Waals surface area contributed by atoms with Gasteiger partial charge in [0.15, 0.2) is 0 Å². The molecule has 0 amide bonds. The number of alkyl halides is 3. The highest BCUT2D eigenvalue weighted by Crippen LogP contribution is 2.35. The van der Waals surface area contributed by atoms with Gasteiger partial charge in [0.2, 0.25) is 0 Å². The molecule has 0 aliphatic rings. The zero-order valence-electron chi connectivity index (χ0n) is 8.80. The topological polar surface area (TPSA) is 12.9 Å². The van der Waals surface area contributed by atoms with E-state index in [0.29, 0.717) is 17.7 Å². The minimum Gasteiger partial charge on any atom is -0.265 e. The highest BCUT2D eigenvalue weighted by Gasteiger charge is 2.37. The van der Waals surface area contributed by atoms with E-state index in [4.69, 9.17) is 0 Å². The van der Waals surface area contributed by atoms with Crippen LogP contribution in [-0.2, 0) is 6.18 Å². The normalized spacial score (nSPS) is 11.6. The van der Waals surface area contributed by atoms with Gasteiger partial charge >= 0.3 is 6.18 Å². The second kappa shape index (κ2) is 4.36. The highest BCUT2D eigenvalue weighted by molar-refractivity contribution is 5.63. The summed E-state index contributed by atoms with van der Waals surface area (Å²) in [6, 6.07) is 4.20. The van der Waals surface area contributed by atoms with Crippen LogP contribution in [0.4, 0.5) is 22.0 Å². The van der Waals surface area contributed by atoms with Crippen molar-refractivity contribution in [2.75, 3.05) is 0 Å². The molecular formula is C12H6F5N. The molecule has 2 aromatic rings. The maximum atomic E-state index is 13.3. The fourth-order valence-electron chi connectivity index (χ4n) is 1.55. The van der Waals surface area contributed by atoms with Gasteiger partial charge in [-0.15, -0.1) is 0 Å². The first kappa shape index (κ1) is 12.5. The van der Waals surface area contributed by atoms with Gasteiger partial charge in [-0.05, 0) is 35.4 Å². The van der Waals surface area contributed by atoms with Crippen molar-refractivity contribution in [3.05, 3.63) is 53.9 Å². The van der Waals surface area contributed by atoms with Gasteiger partial charge in [0, 0.05) is 12.4 Å². The maximum Gasteiger partial charge on any atom is 0.422 e. The Kier molecular flexibility index (Phi) is 3.02. The van der Waals surface area contributed by atoms with Crippen LogP contribution in [0.3, 0.4) is 0 Å². The van der Waals surface area contributed by atoms with Crippen LogP contribution in [0.5, 0.6) is 0 Å². The molecule has 0 unspecified atom stereocenters. The monoisotopic (exact) mass is 259 g/mol. The molecule has 2 rings (SSSR count). The summed E-state index contributed by atoms with van der Waals surface area (Å²) in [7, 11) is 0. The molecule has 0 aliphatic heterocycles. The Morgan fingerprint density at radius 1 is 0.833 bits per heavy atom. The molecular weight excluding hydrogens is 253 g/mol. The minimum atomic E-state index is -5.05. The first-order chi connectivity index (χ1) is 8.39. The molecule has 0 bridgehead atoms. The molecule has 1 aromatic carbocycles. The second-order valence-electron chi connectivity index (χ2n) is 3.55. The molecule has 18 heavy (non-hydrogen) atoms. The van der Waals surface area contributed by atoms with Crippen molar-refractivity contribution in [1.82, 2.24) is 4.98 Å². The van der Waals surface area contributed by atoms with E-state index in [1.165, 1.54) is 24.5 Å². The average molecular weight is 259 g/mol. The Balaban J connectivity index is 2.57. The van der Waals surface area contributed by atoms with Gasteiger partial charge in [-0.1, -0.05) is 0 Å². The Hall–Kier alpha value is -1.98.